The highest BCUT2D eigenvalue weighted by molar-refractivity contribution is 6.12. The average molecular weight is 1900 g/mol. The van der Waals surface area contributed by atoms with Gasteiger partial charge in [0.05, 0.1) is 61.7 Å². The largest absolute Gasteiger partial charge is 0.494 e. The van der Waals surface area contributed by atoms with Crippen molar-refractivity contribution in [2.75, 3.05) is 23.0 Å². The van der Waals surface area contributed by atoms with Gasteiger partial charge in [0.2, 0.25) is 0 Å². The number of hydrogen-bond donors (Lipinski definition) is 0. The zero-order valence-corrected chi connectivity index (χ0v) is 83.0. The molecular formula is C139H110N4O4. The Morgan fingerprint density at radius 2 is 0.599 bits per heavy atom. The van der Waals surface area contributed by atoms with E-state index in [9.17, 15) is 0 Å². The van der Waals surface area contributed by atoms with Crippen LogP contribution in [0.1, 0.15) is 116 Å². The van der Waals surface area contributed by atoms with E-state index in [1.54, 1.807) is 0 Å². The van der Waals surface area contributed by atoms with Crippen LogP contribution in [-0.4, -0.2) is 22.3 Å². The van der Waals surface area contributed by atoms with Gasteiger partial charge in [-0.05, 0) is 329 Å². The molecule has 0 spiro atoms. The van der Waals surface area contributed by atoms with Crippen LogP contribution in [0, 0.1) is 13.8 Å². The molecule has 0 saturated carbocycles. The van der Waals surface area contributed by atoms with Crippen molar-refractivity contribution in [1.29, 1.82) is 0 Å². The van der Waals surface area contributed by atoms with Gasteiger partial charge in [-0.2, -0.15) is 0 Å². The first-order valence-electron chi connectivity index (χ1n) is 51.2. The molecule has 0 fully saturated rings. The number of hydrogen-bond acceptors (Lipinski definition) is 6. The van der Waals surface area contributed by atoms with E-state index in [1.165, 1.54) is 111 Å². The summed E-state index contributed by atoms with van der Waals surface area (Å²) in [4.78, 5) is 4.83. The van der Waals surface area contributed by atoms with Crippen LogP contribution in [0.4, 0.5) is 34.1 Å². The highest BCUT2D eigenvalue weighted by atomic mass is 16.5. The molecule has 2 heterocycles. The molecule has 20 aromatic carbocycles. The molecule has 0 aliphatic heterocycles. The molecule has 22 aromatic rings. The number of aryl methyl sites for hydroxylation is 2. The van der Waals surface area contributed by atoms with Gasteiger partial charge in [-0.15, -0.1) is 0 Å². The van der Waals surface area contributed by atoms with Crippen LogP contribution in [0.3, 0.4) is 0 Å². The smallest absolute Gasteiger partial charge is 0.119 e. The summed E-state index contributed by atoms with van der Waals surface area (Å²) in [6.45, 7) is 20.0. The van der Waals surface area contributed by atoms with Crippen molar-refractivity contribution in [3.63, 3.8) is 0 Å². The Kier molecular flexibility index (Phi) is 23.5. The summed E-state index contributed by atoms with van der Waals surface area (Å²) in [7, 11) is 0. The quantitative estimate of drug-likeness (QED) is 0.0447. The first kappa shape index (κ1) is 90.8. The molecule has 0 bridgehead atoms. The molecule has 3 aliphatic rings. The van der Waals surface area contributed by atoms with Gasteiger partial charge in [-0.1, -0.05) is 342 Å². The molecule has 25 rings (SSSR count). The van der Waals surface area contributed by atoms with Crippen LogP contribution in [0.15, 0.2) is 474 Å². The number of ether oxygens (including phenoxy) is 4. The Labute approximate surface area is 859 Å². The highest BCUT2D eigenvalue weighted by Crippen LogP contribution is 2.59. The van der Waals surface area contributed by atoms with Crippen molar-refractivity contribution in [1.82, 2.24) is 9.13 Å². The van der Waals surface area contributed by atoms with Crippen molar-refractivity contribution in [2.24, 2.45) is 0 Å². The predicted molar refractivity (Wildman–Crippen MR) is 609 cm³/mol. The normalized spacial score (nSPS) is 14.4. The number of para-hydroxylation sites is 2. The third kappa shape index (κ3) is 16.4. The predicted octanol–water partition coefficient (Wildman–Crippen LogP) is 35.4. The van der Waals surface area contributed by atoms with Gasteiger partial charge < -0.3 is 37.9 Å². The standard InChI is InChI=1S/C139H110N4O4/c1-7-95-45-67-115(68-46-95)146-79-77-138(105-27-11-9-12-28-105)127-37-19-15-33-117(127)121-73-65-113(87-131(121)138)140(111-31-23-25-93(3)81-111)107-61-51-101(52-62-107)103-55-75-135-125(85-103)123-35-17-21-39-133(123)142(135)109-57-41-97(42-58-109)89-144-91-99-49-71-119-120-72-50-100(84-130(120)137(5,6)129(119)83-99)92-145-90-98-43-59-110(60-44-98)143-134-40-22-18-36-124(134)126-86-104(56-76-136(126)143)102-53-63-108(64-54-102)141(112-32-24-26-94(4)82-112)114-66-74-122-118-34-16-20-38-128(118)139(132(122)88-114,106-29-13-10-14-30-106)78-80-147-116-69-47-96(8-2)48-70-116/h7-76,81-88H,1-2,77-80,89-92H2,3-6H3. The molecule has 0 radical (unpaired) electrons. The Balaban J connectivity index is 0.413. The van der Waals surface area contributed by atoms with E-state index in [2.05, 4.69) is 497 Å². The van der Waals surface area contributed by atoms with Crippen LogP contribution >= 0.6 is 0 Å². The molecule has 2 atom stereocenters. The van der Waals surface area contributed by atoms with Crippen molar-refractivity contribution < 1.29 is 18.9 Å². The maximum atomic E-state index is 6.63. The van der Waals surface area contributed by atoms with Crippen molar-refractivity contribution in [3.8, 4) is 78.5 Å². The summed E-state index contributed by atoms with van der Waals surface area (Å²) in [5, 5.41) is 4.83. The minimum Gasteiger partial charge on any atom is -0.494 e. The number of benzene rings is 20. The number of aromatic nitrogens is 2. The van der Waals surface area contributed by atoms with E-state index in [0.29, 0.717) is 39.6 Å². The van der Waals surface area contributed by atoms with Crippen LogP contribution in [0.25, 0.3) is 123 Å². The van der Waals surface area contributed by atoms with E-state index in [-0.39, 0.29) is 5.41 Å². The lowest BCUT2D eigenvalue weighted by Crippen LogP contribution is -2.29. The minimum atomic E-state index is -0.479. The first-order chi connectivity index (χ1) is 72.3. The Morgan fingerprint density at radius 1 is 0.259 bits per heavy atom. The molecule has 2 unspecified atom stereocenters. The zero-order valence-electron chi connectivity index (χ0n) is 83.0. The van der Waals surface area contributed by atoms with Crippen LogP contribution in [-0.2, 0) is 52.1 Å². The van der Waals surface area contributed by atoms with Crippen LogP contribution in [0.5, 0.6) is 11.5 Å². The molecule has 8 heteroatoms. The van der Waals surface area contributed by atoms with E-state index >= 15 is 0 Å². The van der Waals surface area contributed by atoms with Gasteiger partial charge in [0, 0.05) is 83.3 Å². The van der Waals surface area contributed by atoms with E-state index in [0.717, 1.165) is 148 Å². The summed E-state index contributed by atoms with van der Waals surface area (Å²) in [5.74, 6) is 1.69. The third-order valence-corrected chi connectivity index (χ3v) is 31.1. The molecule has 147 heavy (non-hydrogen) atoms. The highest BCUT2D eigenvalue weighted by Gasteiger charge is 2.47. The van der Waals surface area contributed by atoms with E-state index < -0.39 is 10.8 Å². The Morgan fingerprint density at radius 3 is 1.01 bits per heavy atom. The maximum Gasteiger partial charge on any atom is 0.119 e. The van der Waals surface area contributed by atoms with Gasteiger partial charge in [-0.3, -0.25) is 0 Å². The number of rotatable bonds is 30. The molecular weight excluding hydrogens is 1790 g/mol. The third-order valence-electron chi connectivity index (χ3n) is 31.1. The van der Waals surface area contributed by atoms with Gasteiger partial charge in [0.1, 0.15) is 11.5 Å². The second kappa shape index (κ2) is 38.0. The number of fused-ring (bicyclic) bond motifs is 15. The van der Waals surface area contributed by atoms with Crippen molar-refractivity contribution in [3.05, 3.63) is 563 Å². The monoisotopic (exact) mass is 1900 g/mol. The average Bonchev–Trinajstić information content (AvgIpc) is 1.55. The van der Waals surface area contributed by atoms with Gasteiger partial charge in [-0.25, -0.2) is 0 Å². The summed E-state index contributed by atoms with van der Waals surface area (Å²) >= 11 is 0. The van der Waals surface area contributed by atoms with Gasteiger partial charge in [0.15, 0.2) is 0 Å². The second-order valence-electron chi connectivity index (χ2n) is 40.2. The van der Waals surface area contributed by atoms with Crippen molar-refractivity contribution >= 4 is 89.9 Å². The Bertz CT molecular complexity index is 8290. The molecule has 0 amide bonds. The van der Waals surface area contributed by atoms with Gasteiger partial charge >= 0.3 is 0 Å². The van der Waals surface area contributed by atoms with Crippen molar-refractivity contribution in [2.45, 2.75) is 83.2 Å². The molecule has 8 nitrogen and oxygen atoms in total. The maximum absolute atomic E-state index is 6.63. The SMILES string of the molecule is C=Cc1ccc(OCCC2(c3ccccc3)c3ccccc3-c3ccc(N(c4ccc(-c5ccc6c(c5)c5ccccc5n6-c5ccc(COCc6ccc7c(c6)C(C)(C)c6cc(COCc8ccc(-n9c%10ccccc%10c%10cc(-c%11ccc(N(c%12cccc(C)c%12)c%12ccc%13c(c%12)C(CCOc%12ccc(C=C)cc%12)(c%12ccccc%12)c%12ccccc%12-%13)cc%11)ccc%109)cc8)ccc6-7)cc5)cc4)c4cccc(C)c4)cc32)cc1. The molecule has 710 valence electrons. The summed E-state index contributed by atoms with van der Waals surface area (Å²) < 4.78 is 31.2. The molecule has 3 aliphatic carbocycles. The fourth-order valence-electron chi connectivity index (χ4n) is 23.9. The van der Waals surface area contributed by atoms with Crippen LogP contribution in [0.2, 0.25) is 0 Å². The lowest BCUT2D eigenvalue weighted by molar-refractivity contribution is 0.107. The number of anilines is 6. The first-order valence-corrected chi connectivity index (χ1v) is 51.2. The molecule has 0 saturated heterocycles. The van der Waals surface area contributed by atoms with Gasteiger partial charge in [0.25, 0.3) is 0 Å². The Hall–Kier alpha value is -17.4. The van der Waals surface area contributed by atoms with E-state index in [1.807, 2.05) is 36.4 Å². The minimum absolute atomic E-state index is 0.217. The summed E-state index contributed by atoms with van der Waals surface area (Å²) in [6.07, 6.45) is 5.21. The number of nitrogens with zero attached hydrogens (tertiary/aromatic N) is 4. The zero-order chi connectivity index (χ0) is 98.9. The molecule has 2 aromatic heterocycles. The summed E-state index contributed by atoms with van der Waals surface area (Å²) in [6, 6.07) is 170. The fraction of sp³-hybridized carbons (Fsp3) is 0.108. The lowest BCUT2D eigenvalue weighted by Gasteiger charge is -2.34. The molecule has 0 N–H and O–H groups in total. The lowest BCUT2D eigenvalue weighted by atomic mass is 9.70. The fourth-order valence-corrected chi connectivity index (χ4v) is 23.9. The summed E-state index contributed by atoms with van der Waals surface area (Å²) in [5.41, 5.74) is 43.7. The second-order valence-corrected chi connectivity index (χ2v) is 40.2. The van der Waals surface area contributed by atoms with Crippen LogP contribution < -0.4 is 19.3 Å². The van der Waals surface area contributed by atoms with E-state index in [4.69, 9.17) is 18.9 Å². The topological polar surface area (TPSA) is 53.3 Å².